The Morgan fingerprint density at radius 2 is 1.52 bits per heavy atom. The highest BCUT2D eigenvalue weighted by Crippen LogP contribution is 2.52. The zero-order valence-electron chi connectivity index (χ0n) is 15.0. The maximum atomic E-state index is 3.50. The van der Waals surface area contributed by atoms with Crippen molar-refractivity contribution in [2.24, 2.45) is 0 Å². The lowest BCUT2D eigenvalue weighted by molar-refractivity contribution is 0.490. The molecule has 1 heteroatoms. The molecule has 0 heterocycles. The van der Waals surface area contributed by atoms with Gasteiger partial charge in [-0.15, -0.1) is 5.54 Å². The topological polar surface area (TPSA) is 0 Å². The average Bonchev–Trinajstić information content (AvgIpc) is 2.82. The van der Waals surface area contributed by atoms with Crippen LogP contribution in [0.4, 0.5) is 0 Å². The van der Waals surface area contributed by atoms with Crippen molar-refractivity contribution in [2.75, 3.05) is 0 Å². The van der Waals surface area contributed by atoms with Gasteiger partial charge in [0.15, 0.2) is 0 Å². The quantitative estimate of drug-likeness (QED) is 0.470. The van der Waals surface area contributed by atoms with Gasteiger partial charge in [0.2, 0.25) is 0 Å². The first kappa shape index (κ1) is 16.1. The summed E-state index contributed by atoms with van der Waals surface area (Å²) in [5, 5.41) is 0. The highest BCUT2D eigenvalue weighted by molar-refractivity contribution is 6.83. The summed E-state index contributed by atoms with van der Waals surface area (Å²) in [6.45, 7) is 11.5. The molecule has 0 amide bonds. The molecule has 0 bridgehead atoms. The van der Waals surface area contributed by atoms with Gasteiger partial charge in [0, 0.05) is 11.0 Å². The van der Waals surface area contributed by atoms with Crippen LogP contribution in [-0.4, -0.2) is 8.07 Å². The molecule has 1 aliphatic carbocycles. The summed E-state index contributed by atoms with van der Waals surface area (Å²) in [6.07, 6.45) is 2.27. The standard InChI is InChI=1S/C22H26Si/c1-6-22(7-2)20-11-9-8-10-18(20)19-13-12-17(16-21(19)22)14-15-23(3,4)5/h8-13,16H,6-7H2,1-5H3. The maximum Gasteiger partial charge on any atom is 0.129 e. The van der Waals surface area contributed by atoms with E-state index in [4.69, 9.17) is 0 Å². The van der Waals surface area contributed by atoms with Crippen LogP contribution in [0.2, 0.25) is 19.6 Å². The van der Waals surface area contributed by atoms with Gasteiger partial charge in [-0.05, 0) is 47.2 Å². The van der Waals surface area contributed by atoms with Crippen LogP contribution in [0.15, 0.2) is 42.5 Å². The fourth-order valence-corrected chi connectivity index (χ4v) is 4.32. The van der Waals surface area contributed by atoms with Crippen molar-refractivity contribution < 1.29 is 0 Å². The van der Waals surface area contributed by atoms with E-state index < -0.39 is 8.07 Å². The van der Waals surface area contributed by atoms with E-state index in [9.17, 15) is 0 Å². The van der Waals surface area contributed by atoms with E-state index in [0.29, 0.717) is 0 Å². The van der Waals surface area contributed by atoms with Gasteiger partial charge < -0.3 is 0 Å². The van der Waals surface area contributed by atoms with Gasteiger partial charge in [-0.3, -0.25) is 0 Å². The van der Waals surface area contributed by atoms with Crippen LogP contribution in [-0.2, 0) is 5.41 Å². The minimum Gasteiger partial charge on any atom is -0.127 e. The molecule has 2 aromatic rings. The summed E-state index contributed by atoms with van der Waals surface area (Å²) in [6, 6.07) is 15.8. The van der Waals surface area contributed by atoms with Gasteiger partial charge in [-0.25, -0.2) is 0 Å². The molecule has 118 valence electrons. The molecule has 0 unspecified atom stereocenters. The molecule has 0 radical (unpaired) electrons. The highest BCUT2D eigenvalue weighted by atomic mass is 28.3. The van der Waals surface area contributed by atoms with Crippen molar-refractivity contribution in [1.29, 1.82) is 0 Å². The van der Waals surface area contributed by atoms with Crippen LogP contribution in [0.5, 0.6) is 0 Å². The van der Waals surface area contributed by atoms with E-state index in [1.54, 1.807) is 0 Å². The largest absolute Gasteiger partial charge is 0.129 e. The third-order valence-corrected chi connectivity index (χ3v) is 5.93. The predicted octanol–water partition coefficient (Wildman–Crippen LogP) is 6.00. The molecule has 0 N–H and O–H groups in total. The van der Waals surface area contributed by atoms with E-state index in [1.165, 1.54) is 27.8 Å². The fourth-order valence-electron chi connectivity index (χ4n) is 3.80. The second-order valence-corrected chi connectivity index (χ2v) is 12.3. The molecule has 23 heavy (non-hydrogen) atoms. The zero-order chi connectivity index (χ0) is 16.7. The Morgan fingerprint density at radius 3 is 2.17 bits per heavy atom. The van der Waals surface area contributed by atoms with Crippen molar-refractivity contribution in [1.82, 2.24) is 0 Å². The van der Waals surface area contributed by atoms with Gasteiger partial charge in [0.1, 0.15) is 8.07 Å². The minimum atomic E-state index is -1.34. The van der Waals surface area contributed by atoms with Crippen LogP contribution >= 0.6 is 0 Å². The Hall–Kier alpha value is -1.78. The van der Waals surface area contributed by atoms with E-state index in [1.807, 2.05) is 0 Å². The third-order valence-electron chi connectivity index (χ3n) is 5.06. The second kappa shape index (κ2) is 5.69. The first-order chi connectivity index (χ1) is 10.9. The Labute approximate surface area is 142 Å². The molecule has 0 aliphatic heterocycles. The summed E-state index contributed by atoms with van der Waals surface area (Å²) < 4.78 is 0. The molecule has 2 aromatic carbocycles. The van der Waals surface area contributed by atoms with Crippen LogP contribution in [0.3, 0.4) is 0 Å². The van der Waals surface area contributed by atoms with E-state index in [0.717, 1.165) is 12.8 Å². The highest BCUT2D eigenvalue weighted by Gasteiger charge is 2.40. The Kier molecular flexibility index (Phi) is 3.98. The van der Waals surface area contributed by atoms with Crippen molar-refractivity contribution in [3.63, 3.8) is 0 Å². The summed E-state index contributed by atoms with van der Waals surface area (Å²) >= 11 is 0. The van der Waals surface area contributed by atoms with Crippen LogP contribution < -0.4 is 0 Å². The lowest BCUT2D eigenvalue weighted by Crippen LogP contribution is -2.23. The summed E-state index contributed by atoms with van der Waals surface area (Å²) in [5.41, 5.74) is 10.6. The number of benzene rings is 2. The molecular formula is C22H26Si. The Morgan fingerprint density at radius 1 is 0.870 bits per heavy atom. The number of fused-ring (bicyclic) bond motifs is 3. The Balaban J connectivity index is 2.19. The van der Waals surface area contributed by atoms with Gasteiger partial charge in [0.05, 0.1) is 0 Å². The van der Waals surface area contributed by atoms with E-state index in [-0.39, 0.29) is 5.41 Å². The molecular weight excluding hydrogens is 292 g/mol. The second-order valence-electron chi connectivity index (χ2n) is 7.60. The van der Waals surface area contributed by atoms with Crippen LogP contribution in [0.1, 0.15) is 43.4 Å². The zero-order valence-corrected chi connectivity index (χ0v) is 16.0. The fraction of sp³-hybridized carbons (Fsp3) is 0.364. The summed E-state index contributed by atoms with van der Waals surface area (Å²) in [5.74, 6) is 3.44. The number of rotatable bonds is 2. The molecule has 0 saturated carbocycles. The molecule has 0 spiro atoms. The maximum absolute atomic E-state index is 3.50. The monoisotopic (exact) mass is 318 g/mol. The molecule has 0 fully saturated rings. The van der Waals surface area contributed by atoms with Gasteiger partial charge in [-0.2, -0.15) is 0 Å². The van der Waals surface area contributed by atoms with Crippen LogP contribution in [0.25, 0.3) is 11.1 Å². The first-order valence-corrected chi connectivity index (χ1v) is 12.2. The molecule has 0 aromatic heterocycles. The summed E-state index contributed by atoms with van der Waals surface area (Å²) in [7, 11) is -1.34. The molecule has 3 rings (SSSR count). The van der Waals surface area contributed by atoms with E-state index >= 15 is 0 Å². The van der Waals surface area contributed by atoms with Crippen molar-refractivity contribution in [3.8, 4) is 22.6 Å². The smallest absolute Gasteiger partial charge is 0.127 e. The van der Waals surface area contributed by atoms with Gasteiger partial charge in [0.25, 0.3) is 0 Å². The first-order valence-electron chi connectivity index (χ1n) is 8.69. The Bertz CT molecular complexity index is 793. The van der Waals surface area contributed by atoms with Crippen molar-refractivity contribution in [2.45, 2.75) is 51.7 Å². The minimum absolute atomic E-state index is 0.156. The number of hydrogen-bond donors (Lipinski definition) is 0. The average molecular weight is 319 g/mol. The molecule has 0 atom stereocenters. The predicted molar refractivity (Wildman–Crippen MR) is 103 cm³/mol. The summed E-state index contributed by atoms with van der Waals surface area (Å²) in [4.78, 5) is 0. The third kappa shape index (κ3) is 2.66. The van der Waals surface area contributed by atoms with Gasteiger partial charge >= 0.3 is 0 Å². The molecule has 0 nitrogen and oxygen atoms in total. The molecule has 0 saturated heterocycles. The molecule has 1 aliphatic rings. The van der Waals surface area contributed by atoms with E-state index in [2.05, 4.69) is 87.4 Å². The van der Waals surface area contributed by atoms with Gasteiger partial charge in [-0.1, -0.05) is 69.7 Å². The SMILES string of the molecule is CCC1(CC)c2ccccc2-c2ccc(C#C[Si](C)(C)C)cc21. The lowest BCUT2D eigenvalue weighted by atomic mass is 9.73. The number of hydrogen-bond acceptors (Lipinski definition) is 0. The van der Waals surface area contributed by atoms with Crippen molar-refractivity contribution >= 4 is 8.07 Å². The van der Waals surface area contributed by atoms with Crippen molar-refractivity contribution in [3.05, 3.63) is 59.2 Å². The lowest BCUT2D eigenvalue weighted by Gasteiger charge is -2.29. The van der Waals surface area contributed by atoms with Crippen LogP contribution in [0, 0.1) is 11.5 Å². The normalized spacial score (nSPS) is 14.7.